The number of hydrogen-bond donors (Lipinski definition) is 1. The fourth-order valence-corrected chi connectivity index (χ4v) is 10.4. The topological polar surface area (TPSA) is 94.1 Å². The van der Waals surface area contributed by atoms with Gasteiger partial charge in [-0.2, -0.15) is 0 Å². The Labute approximate surface area is 357 Å². The van der Waals surface area contributed by atoms with E-state index in [1.165, 1.54) is 0 Å². The molecule has 0 radical (unpaired) electrons. The zero-order chi connectivity index (χ0) is 41.6. The minimum atomic E-state index is -2.30. The zero-order valence-electron chi connectivity index (χ0n) is 35.9. The van der Waals surface area contributed by atoms with Crippen molar-refractivity contribution < 1.29 is 42.4 Å². The Morgan fingerprint density at radius 3 is 1.51 bits per heavy atom. The van der Waals surface area contributed by atoms with E-state index in [4.69, 9.17) is 37.3 Å². The maximum atomic E-state index is 11.7. The highest BCUT2D eigenvalue weighted by atomic mass is 127. The van der Waals surface area contributed by atoms with Gasteiger partial charge in [0.1, 0.15) is 24.4 Å². The summed E-state index contributed by atoms with van der Waals surface area (Å²) in [4.78, 5) is 0. The van der Waals surface area contributed by atoms with Gasteiger partial charge in [0.25, 0.3) is 0 Å². The summed E-state index contributed by atoms with van der Waals surface area (Å²) in [5, 5.41) is 11.6. The Hall–Kier alpha value is -1.54. The monoisotopic (exact) mass is 934 g/mol. The molecule has 12 heteroatoms. The second-order valence-corrected chi connectivity index (χ2v) is 29.5. The molecule has 1 N–H and O–H groups in total. The number of aliphatic hydroxyl groups is 1. The van der Waals surface area contributed by atoms with Crippen molar-refractivity contribution in [2.75, 3.05) is 6.61 Å². The van der Waals surface area contributed by atoms with Gasteiger partial charge in [-0.1, -0.05) is 155 Å². The third-order valence-electron chi connectivity index (χ3n) is 12.0. The van der Waals surface area contributed by atoms with Crippen LogP contribution >= 0.6 is 22.6 Å². The van der Waals surface area contributed by atoms with Crippen LogP contribution in [0.1, 0.15) is 65.2 Å². The van der Waals surface area contributed by atoms with Crippen molar-refractivity contribution >= 4 is 39.2 Å². The molecule has 0 amide bonds. The van der Waals surface area contributed by atoms with Gasteiger partial charge >= 0.3 is 0 Å². The summed E-state index contributed by atoms with van der Waals surface area (Å²) < 4.78 is 54.3. The molecule has 0 bridgehead atoms. The number of ether oxygens (including phenoxy) is 6. The summed E-state index contributed by atoms with van der Waals surface area (Å²) in [5.41, 5.74) is 2.98. The Kier molecular flexibility index (Phi) is 16.2. The summed E-state index contributed by atoms with van der Waals surface area (Å²) in [6, 6.07) is 29.9. The molecular weight excluding hydrogens is 868 g/mol. The van der Waals surface area contributed by atoms with Crippen molar-refractivity contribution in [1.29, 1.82) is 0 Å². The zero-order valence-corrected chi connectivity index (χ0v) is 40.0. The fraction of sp³-hybridized carbons (Fsp3) is 0.600. The normalized spacial score (nSPS) is 29.0. The first-order chi connectivity index (χ1) is 26.8. The van der Waals surface area contributed by atoms with Crippen LogP contribution in [0.4, 0.5) is 0 Å². The number of rotatable bonds is 16. The molecule has 9 nitrogen and oxygen atoms in total. The second kappa shape index (κ2) is 19.9. The van der Waals surface area contributed by atoms with E-state index in [9.17, 15) is 5.11 Å². The second-order valence-electron chi connectivity index (χ2n) is 18.5. The van der Waals surface area contributed by atoms with E-state index < -0.39 is 53.6 Å². The van der Waals surface area contributed by atoms with Crippen LogP contribution in [0.2, 0.25) is 36.3 Å². The predicted octanol–water partition coefficient (Wildman–Crippen LogP) is 9.81. The van der Waals surface area contributed by atoms with Crippen molar-refractivity contribution in [1.82, 2.24) is 0 Å². The van der Waals surface area contributed by atoms with Crippen LogP contribution in [0.15, 0.2) is 91.0 Å². The summed E-state index contributed by atoms with van der Waals surface area (Å²) in [6.45, 7) is 25.8. The molecule has 0 aliphatic carbocycles. The van der Waals surface area contributed by atoms with Crippen molar-refractivity contribution in [3.63, 3.8) is 0 Å². The van der Waals surface area contributed by atoms with Gasteiger partial charge in [-0.15, -0.1) is 0 Å². The van der Waals surface area contributed by atoms with E-state index in [-0.39, 0.29) is 52.1 Å². The van der Waals surface area contributed by atoms with Gasteiger partial charge in [0.15, 0.2) is 29.2 Å². The molecule has 2 aliphatic heterocycles. The Balaban J connectivity index is 1.50. The molecule has 3 aromatic carbocycles. The smallest absolute Gasteiger partial charge is 0.192 e. The van der Waals surface area contributed by atoms with Gasteiger partial charge in [0.2, 0.25) is 0 Å². The Bertz CT molecular complexity index is 1640. The summed E-state index contributed by atoms with van der Waals surface area (Å²) in [6.07, 6.45) is -6.11. The van der Waals surface area contributed by atoms with Gasteiger partial charge in [-0.05, 0) is 59.9 Å². The fourth-order valence-electron chi connectivity index (χ4n) is 6.52. The minimum absolute atomic E-state index is 0.00627. The summed E-state index contributed by atoms with van der Waals surface area (Å²) >= 11 is 2.45. The van der Waals surface area contributed by atoms with Crippen LogP contribution in [0.3, 0.4) is 0 Å². The van der Waals surface area contributed by atoms with E-state index in [1.54, 1.807) is 0 Å². The lowest BCUT2D eigenvalue weighted by molar-refractivity contribution is -0.344. The number of benzene rings is 3. The molecule has 0 aromatic heterocycles. The lowest BCUT2D eigenvalue weighted by Gasteiger charge is -2.52. The first-order valence-electron chi connectivity index (χ1n) is 20.3. The van der Waals surface area contributed by atoms with Gasteiger partial charge in [-0.25, -0.2) is 0 Å². The molecule has 0 unspecified atom stereocenters. The van der Waals surface area contributed by atoms with Crippen LogP contribution in [0, 0.1) is 0 Å². The minimum Gasteiger partial charge on any atom is -0.410 e. The van der Waals surface area contributed by atoms with E-state index >= 15 is 0 Å². The lowest BCUT2D eigenvalue weighted by atomic mass is 9.97. The van der Waals surface area contributed by atoms with Crippen LogP contribution < -0.4 is 0 Å². The standard InChI is InChI=1S/C45H67IO9Si2/c1-31-37(54-56(8,9)44(2,3)4)39(55-57(10,11)45(5,6)7)36(46)43(51-31)53-38-35(30-48-27-32-21-15-12-16-22-32)52-42(47)41(50-29-34-25-19-14-20-26-34)40(38)49-28-33-23-17-13-18-24-33/h12-26,31,35-43,47H,27-30H2,1-11H3/t31-,35-,36-,37-,38-,39-,40+,41-,42+,43+/m1/s1. The third kappa shape index (κ3) is 12.3. The summed E-state index contributed by atoms with van der Waals surface area (Å²) in [5.74, 6) is 0. The van der Waals surface area contributed by atoms with Gasteiger partial charge in [-0.3, -0.25) is 0 Å². The van der Waals surface area contributed by atoms with Crippen LogP contribution in [0.5, 0.6) is 0 Å². The molecule has 2 aliphatic rings. The van der Waals surface area contributed by atoms with E-state index in [0.717, 1.165) is 16.7 Å². The van der Waals surface area contributed by atoms with Crippen molar-refractivity contribution in [3.05, 3.63) is 108 Å². The number of alkyl halides is 1. The maximum absolute atomic E-state index is 11.7. The molecule has 0 saturated carbocycles. The van der Waals surface area contributed by atoms with Gasteiger partial charge in [0.05, 0.1) is 48.7 Å². The van der Waals surface area contributed by atoms with E-state index in [0.29, 0.717) is 6.61 Å². The SMILES string of the molecule is C[C@H]1O[C@@H](O[C@H]2[C@H](OCc3ccccc3)[C@@H](OCc3ccccc3)[C@@H](O)O[C@@H]2COCc2ccccc2)[C@H](I)[C@@H](O[Si](C)(C)C(C)(C)C)[C@@H]1O[Si](C)(C)C(C)(C)C. The molecule has 5 rings (SSSR count). The predicted molar refractivity (Wildman–Crippen MR) is 238 cm³/mol. The van der Waals surface area contributed by atoms with Gasteiger partial charge < -0.3 is 42.4 Å². The highest BCUT2D eigenvalue weighted by Crippen LogP contribution is 2.45. The molecular formula is C45H67IO9Si2. The average molecular weight is 935 g/mol. The molecule has 3 aromatic rings. The van der Waals surface area contributed by atoms with Gasteiger partial charge in [0, 0.05) is 0 Å². The summed E-state index contributed by atoms with van der Waals surface area (Å²) in [7, 11) is -4.54. The highest BCUT2D eigenvalue weighted by Gasteiger charge is 2.55. The average Bonchev–Trinajstić information content (AvgIpc) is 3.15. The van der Waals surface area contributed by atoms with Crippen molar-refractivity contribution in [3.8, 4) is 0 Å². The highest BCUT2D eigenvalue weighted by molar-refractivity contribution is 14.1. The van der Waals surface area contributed by atoms with E-state index in [1.807, 2.05) is 91.0 Å². The lowest BCUT2D eigenvalue weighted by Crippen LogP contribution is -2.66. The van der Waals surface area contributed by atoms with Crippen molar-refractivity contribution in [2.24, 2.45) is 0 Å². The largest absolute Gasteiger partial charge is 0.410 e. The third-order valence-corrected chi connectivity index (χ3v) is 22.3. The van der Waals surface area contributed by atoms with Crippen LogP contribution in [-0.4, -0.2) is 87.6 Å². The molecule has 0 spiro atoms. The van der Waals surface area contributed by atoms with Crippen LogP contribution in [-0.2, 0) is 57.1 Å². The molecule has 316 valence electrons. The molecule has 57 heavy (non-hydrogen) atoms. The first-order valence-corrected chi connectivity index (χ1v) is 27.4. The van der Waals surface area contributed by atoms with Crippen molar-refractivity contribution in [2.45, 2.75) is 164 Å². The Morgan fingerprint density at radius 2 is 1.04 bits per heavy atom. The maximum Gasteiger partial charge on any atom is 0.192 e. The molecule has 2 heterocycles. The number of halogens is 1. The molecule has 10 atom stereocenters. The molecule has 2 saturated heterocycles. The van der Waals surface area contributed by atoms with E-state index in [2.05, 4.69) is 97.2 Å². The molecule has 2 fully saturated rings. The Morgan fingerprint density at radius 1 is 0.596 bits per heavy atom. The van der Waals surface area contributed by atoms with Crippen LogP contribution in [0.25, 0.3) is 0 Å². The number of hydrogen-bond acceptors (Lipinski definition) is 9. The first kappa shape index (κ1) is 46.5. The quantitative estimate of drug-likeness (QED) is 0.0857. The number of aliphatic hydroxyl groups excluding tert-OH is 1.